The first-order chi connectivity index (χ1) is 12.0. The lowest BCUT2D eigenvalue weighted by molar-refractivity contribution is -0.377. The van der Waals surface area contributed by atoms with Crippen molar-refractivity contribution in [2.24, 2.45) is 0 Å². The molecular weight excluding hydrogens is 316 g/mol. The Kier molecular flexibility index (Phi) is 10.4. The molecule has 0 bridgehead atoms. The Labute approximate surface area is 152 Å². The number of benzene rings is 1. The maximum absolute atomic E-state index is 11.4. The lowest BCUT2D eigenvalue weighted by Crippen LogP contribution is -2.30. The molecule has 1 aromatic rings. The normalized spacial score (nSPS) is 12.9. The third-order valence-corrected chi connectivity index (χ3v) is 4.44. The first-order valence-electron chi connectivity index (χ1n) is 9.60. The van der Waals surface area contributed by atoms with Gasteiger partial charge in [0.1, 0.15) is 5.60 Å². The molecule has 0 radical (unpaired) electrons. The van der Waals surface area contributed by atoms with Crippen molar-refractivity contribution in [2.45, 2.75) is 90.3 Å². The summed E-state index contributed by atoms with van der Waals surface area (Å²) >= 11 is 0. The third-order valence-electron chi connectivity index (χ3n) is 4.44. The SMILES string of the molecule is CCCCCCCCCCC(OOC(C)(C)c1ccccc1)C(=O)O. The van der Waals surface area contributed by atoms with Crippen LogP contribution in [-0.2, 0) is 20.2 Å². The van der Waals surface area contributed by atoms with Crippen molar-refractivity contribution in [1.82, 2.24) is 0 Å². The van der Waals surface area contributed by atoms with Gasteiger partial charge < -0.3 is 5.11 Å². The van der Waals surface area contributed by atoms with E-state index >= 15 is 0 Å². The second-order valence-corrected chi connectivity index (χ2v) is 7.15. The standard InChI is InChI=1S/C21H34O4/c1-4-5-6-7-8-9-10-14-17-19(20(22)23)24-25-21(2,3)18-15-12-11-13-16-18/h11-13,15-16,19H,4-10,14,17H2,1-3H3,(H,22,23). The van der Waals surface area contributed by atoms with Gasteiger partial charge >= 0.3 is 5.97 Å². The largest absolute Gasteiger partial charge is 0.479 e. The fourth-order valence-electron chi connectivity index (χ4n) is 2.74. The first kappa shape index (κ1) is 21.7. The highest BCUT2D eigenvalue weighted by Gasteiger charge is 2.27. The van der Waals surface area contributed by atoms with Crippen LogP contribution in [0.3, 0.4) is 0 Å². The summed E-state index contributed by atoms with van der Waals surface area (Å²) in [4.78, 5) is 22.1. The Hall–Kier alpha value is -1.39. The maximum atomic E-state index is 11.4. The van der Waals surface area contributed by atoms with Crippen LogP contribution in [0.15, 0.2) is 30.3 Å². The Balaban J connectivity index is 2.29. The molecule has 0 aliphatic rings. The molecule has 0 saturated heterocycles. The van der Waals surface area contributed by atoms with Crippen molar-refractivity contribution >= 4 is 5.97 Å². The topological polar surface area (TPSA) is 55.8 Å². The van der Waals surface area contributed by atoms with Crippen LogP contribution in [0.1, 0.15) is 84.1 Å². The maximum Gasteiger partial charge on any atom is 0.336 e. The summed E-state index contributed by atoms with van der Waals surface area (Å²) < 4.78 is 0. The van der Waals surface area contributed by atoms with Gasteiger partial charge in [-0.15, -0.1) is 0 Å². The Morgan fingerprint density at radius 3 is 2.12 bits per heavy atom. The van der Waals surface area contributed by atoms with Crippen molar-refractivity contribution in [1.29, 1.82) is 0 Å². The van der Waals surface area contributed by atoms with Gasteiger partial charge in [-0.2, -0.15) is 0 Å². The van der Waals surface area contributed by atoms with Gasteiger partial charge in [0, 0.05) is 0 Å². The molecule has 0 aliphatic heterocycles. The van der Waals surface area contributed by atoms with Crippen molar-refractivity contribution < 1.29 is 19.7 Å². The second-order valence-electron chi connectivity index (χ2n) is 7.15. The van der Waals surface area contributed by atoms with E-state index in [1.807, 2.05) is 44.2 Å². The van der Waals surface area contributed by atoms with E-state index in [0.717, 1.165) is 24.8 Å². The summed E-state index contributed by atoms with van der Waals surface area (Å²) in [5.41, 5.74) is 0.264. The summed E-state index contributed by atoms with van der Waals surface area (Å²) in [7, 11) is 0. The minimum absolute atomic E-state index is 0.481. The number of carboxylic acid groups (broad SMARTS) is 1. The number of aliphatic carboxylic acids is 1. The zero-order valence-corrected chi connectivity index (χ0v) is 16.0. The number of carboxylic acids is 1. The van der Waals surface area contributed by atoms with Crippen LogP contribution < -0.4 is 0 Å². The van der Waals surface area contributed by atoms with Gasteiger partial charge in [0.15, 0.2) is 6.10 Å². The Morgan fingerprint density at radius 1 is 1.00 bits per heavy atom. The van der Waals surface area contributed by atoms with E-state index in [1.54, 1.807) is 0 Å². The minimum Gasteiger partial charge on any atom is -0.479 e. The molecule has 1 unspecified atom stereocenters. The lowest BCUT2D eigenvalue weighted by atomic mass is 9.99. The van der Waals surface area contributed by atoms with Gasteiger partial charge in [-0.25, -0.2) is 14.6 Å². The van der Waals surface area contributed by atoms with Crippen LogP contribution >= 0.6 is 0 Å². The van der Waals surface area contributed by atoms with E-state index in [9.17, 15) is 9.90 Å². The average molecular weight is 350 g/mol. The fourth-order valence-corrected chi connectivity index (χ4v) is 2.74. The molecular formula is C21H34O4. The van der Waals surface area contributed by atoms with Gasteiger partial charge in [-0.3, -0.25) is 0 Å². The summed E-state index contributed by atoms with van der Waals surface area (Å²) in [6, 6.07) is 9.67. The molecule has 1 rings (SSSR count). The van der Waals surface area contributed by atoms with Gasteiger partial charge in [0.2, 0.25) is 0 Å². The van der Waals surface area contributed by atoms with Crippen molar-refractivity contribution in [2.75, 3.05) is 0 Å². The van der Waals surface area contributed by atoms with Gasteiger partial charge in [-0.05, 0) is 25.8 Å². The lowest BCUT2D eigenvalue weighted by Gasteiger charge is -2.26. The van der Waals surface area contributed by atoms with E-state index in [2.05, 4.69) is 6.92 Å². The molecule has 0 amide bonds. The van der Waals surface area contributed by atoms with Crippen LogP contribution in [0.25, 0.3) is 0 Å². The predicted molar refractivity (Wildman–Crippen MR) is 100 cm³/mol. The highest BCUT2D eigenvalue weighted by atomic mass is 17.2. The van der Waals surface area contributed by atoms with Crippen molar-refractivity contribution in [3.05, 3.63) is 35.9 Å². The van der Waals surface area contributed by atoms with Gasteiger partial charge in [0.25, 0.3) is 0 Å². The molecule has 1 atom stereocenters. The molecule has 4 nitrogen and oxygen atoms in total. The summed E-state index contributed by atoms with van der Waals surface area (Å²) in [5.74, 6) is -0.966. The molecule has 0 spiro atoms. The molecule has 142 valence electrons. The zero-order chi connectivity index (χ0) is 18.5. The molecule has 1 aromatic carbocycles. The number of hydrogen-bond donors (Lipinski definition) is 1. The van der Waals surface area contributed by atoms with Gasteiger partial charge in [-0.1, -0.05) is 88.6 Å². The Morgan fingerprint density at radius 2 is 1.56 bits per heavy atom. The van der Waals surface area contributed by atoms with Crippen LogP contribution in [-0.4, -0.2) is 17.2 Å². The van der Waals surface area contributed by atoms with E-state index in [-0.39, 0.29) is 0 Å². The predicted octanol–water partition coefficient (Wildman–Crippen LogP) is 5.85. The third kappa shape index (κ3) is 9.03. The van der Waals surface area contributed by atoms with E-state index in [0.29, 0.717) is 6.42 Å². The van der Waals surface area contributed by atoms with E-state index in [4.69, 9.17) is 9.78 Å². The van der Waals surface area contributed by atoms with E-state index < -0.39 is 17.7 Å². The second kappa shape index (κ2) is 12.0. The van der Waals surface area contributed by atoms with Crippen LogP contribution in [0.2, 0.25) is 0 Å². The first-order valence-corrected chi connectivity index (χ1v) is 9.60. The zero-order valence-electron chi connectivity index (χ0n) is 16.0. The number of carbonyl (C=O) groups is 1. The minimum atomic E-state index is -0.966. The fraction of sp³-hybridized carbons (Fsp3) is 0.667. The molecule has 0 heterocycles. The molecule has 0 aliphatic carbocycles. The number of unbranched alkanes of at least 4 members (excludes halogenated alkanes) is 7. The highest BCUT2D eigenvalue weighted by Crippen LogP contribution is 2.25. The number of rotatable bonds is 14. The monoisotopic (exact) mass is 350 g/mol. The van der Waals surface area contributed by atoms with Crippen LogP contribution in [0, 0.1) is 0 Å². The smallest absolute Gasteiger partial charge is 0.336 e. The molecule has 0 aromatic heterocycles. The van der Waals surface area contributed by atoms with Crippen LogP contribution in [0.5, 0.6) is 0 Å². The molecule has 0 fully saturated rings. The van der Waals surface area contributed by atoms with Gasteiger partial charge in [0.05, 0.1) is 0 Å². The molecule has 25 heavy (non-hydrogen) atoms. The molecule has 1 N–H and O–H groups in total. The van der Waals surface area contributed by atoms with Crippen molar-refractivity contribution in [3.8, 4) is 0 Å². The molecule has 4 heteroatoms. The molecule has 0 saturated carbocycles. The number of hydrogen-bond acceptors (Lipinski definition) is 3. The highest BCUT2D eigenvalue weighted by molar-refractivity contribution is 5.72. The summed E-state index contributed by atoms with van der Waals surface area (Å²) in [6.45, 7) is 5.96. The Bertz CT molecular complexity index is 470. The quantitative estimate of drug-likeness (QED) is 0.260. The van der Waals surface area contributed by atoms with Crippen LogP contribution in [0.4, 0.5) is 0 Å². The van der Waals surface area contributed by atoms with E-state index in [1.165, 1.54) is 32.1 Å². The van der Waals surface area contributed by atoms with Crippen molar-refractivity contribution in [3.63, 3.8) is 0 Å². The summed E-state index contributed by atoms with van der Waals surface area (Å²) in [5, 5.41) is 9.34. The average Bonchev–Trinajstić information content (AvgIpc) is 2.60. The summed E-state index contributed by atoms with van der Waals surface area (Å²) in [6.07, 6.45) is 9.00.